The van der Waals surface area contributed by atoms with E-state index >= 15 is 0 Å². The first-order valence-corrected chi connectivity index (χ1v) is 7.91. The molecule has 2 nitrogen and oxygen atoms in total. The van der Waals surface area contributed by atoms with Crippen molar-refractivity contribution in [3.05, 3.63) is 35.4 Å². The highest BCUT2D eigenvalue weighted by Crippen LogP contribution is 2.16. The molecule has 0 bridgehead atoms. The maximum atomic E-state index is 10.1. The van der Waals surface area contributed by atoms with Crippen molar-refractivity contribution in [3.8, 4) is 0 Å². The zero-order chi connectivity index (χ0) is 13.6. The van der Waals surface area contributed by atoms with Crippen LogP contribution in [-0.2, 0) is 6.42 Å². The number of hydrogen-bond acceptors (Lipinski definition) is 3. The van der Waals surface area contributed by atoms with Crippen LogP contribution in [0.2, 0.25) is 0 Å². The molecule has 0 radical (unpaired) electrons. The Bertz CT molecular complexity index is 348. The zero-order valence-corrected chi connectivity index (χ0v) is 12.7. The molecule has 0 aliphatic rings. The molecule has 1 rings (SSSR count). The van der Waals surface area contributed by atoms with Crippen molar-refractivity contribution >= 4 is 11.8 Å². The van der Waals surface area contributed by atoms with Gasteiger partial charge in [-0.25, -0.2) is 0 Å². The van der Waals surface area contributed by atoms with Crippen LogP contribution < -0.4 is 5.32 Å². The first kappa shape index (κ1) is 15.5. The van der Waals surface area contributed by atoms with E-state index < -0.39 is 5.60 Å². The van der Waals surface area contributed by atoms with Crippen molar-refractivity contribution in [2.24, 2.45) is 0 Å². The standard InChI is InChI=1S/C15H25NOS/c1-5-13-6-8-14(9-7-13)12(2)16-10-15(3,17)11-18-4/h6-9,12,16-17H,5,10-11H2,1-4H3. The maximum Gasteiger partial charge on any atom is 0.0833 e. The lowest BCUT2D eigenvalue weighted by molar-refractivity contribution is 0.0821. The average Bonchev–Trinajstić information content (AvgIpc) is 2.36. The Morgan fingerprint density at radius 1 is 1.33 bits per heavy atom. The fourth-order valence-electron chi connectivity index (χ4n) is 1.89. The van der Waals surface area contributed by atoms with Crippen LogP contribution in [0.25, 0.3) is 0 Å². The SMILES string of the molecule is CCc1ccc(C(C)NCC(C)(O)CSC)cc1. The van der Waals surface area contributed by atoms with E-state index in [0.717, 1.165) is 12.2 Å². The molecule has 2 atom stereocenters. The molecule has 102 valence electrons. The highest BCUT2D eigenvalue weighted by Gasteiger charge is 2.20. The summed E-state index contributed by atoms with van der Waals surface area (Å²) in [4.78, 5) is 0. The van der Waals surface area contributed by atoms with Crippen LogP contribution in [0.15, 0.2) is 24.3 Å². The number of aryl methyl sites for hydroxylation is 1. The second kappa shape index (κ2) is 7.17. The van der Waals surface area contributed by atoms with Crippen LogP contribution in [0.1, 0.15) is 37.9 Å². The lowest BCUT2D eigenvalue weighted by Gasteiger charge is -2.25. The fraction of sp³-hybridized carbons (Fsp3) is 0.600. The van der Waals surface area contributed by atoms with Gasteiger partial charge < -0.3 is 10.4 Å². The smallest absolute Gasteiger partial charge is 0.0833 e. The minimum Gasteiger partial charge on any atom is -0.388 e. The molecule has 0 spiro atoms. The predicted molar refractivity (Wildman–Crippen MR) is 81.2 cm³/mol. The van der Waals surface area contributed by atoms with Gasteiger partial charge in [-0.15, -0.1) is 0 Å². The summed E-state index contributed by atoms with van der Waals surface area (Å²) in [5, 5.41) is 13.5. The normalized spacial score (nSPS) is 16.3. The van der Waals surface area contributed by atoms with E-state index in [1.54, 1.807) is 11.8 Å². The van der Waals surface area contributed by atoms with Crippen molar-refractivity contribution in [1.29, 1.82) is 0 Å². The number of nitrogens with one attached hydrogen (secondary N) is 1. The topological polar surface area (TPSA) is 32.3 Å². The lowest BCUT2D eigenvalue weighted by atomic mass is 10.0. The van der Waals surface area contributed by atoms with Gasteiger partial charge >= 0.3 is 0 Å². The molecule has 18 heavy (non-hydrogen) atoms. The first-order chi connectivity index (χ1) is 8.48. The third-order valence-electron chi connectivity index (χ3n) is 3.13. The van der Waals surface area contributed by atoms with Crippen molar-refractivity contribution < 1.29 is 5.11 Å². The van der Waals surface area contributed by atoms with Crippen LogP contribution in [0.3, 0.4) is 0 Å². The zero-order valence-electron chi connectivity index (χ0n) is 11.9. The molecule has 0 saturated carbocycles. The van der Waals surface area contributed by atoms with Crippen LogP contribution in [0.4, 0.5) is 0 Å². The van der Waals surface area contributed by atoms with Crippen LogP contribution in [0, 0.1) is 0 Å². The van der Waals surface area contributed by atoms with E-state index in [0.29, 0.717) is 6.54 Å². The van der Waals surface area contributed by atoms with Crippen molar-refractivity contribution in [2.75, 3.05) is 18.6 Å². The quantitative estimate of drug-likeness (QED) is 0.796. The molecule has 1 aromatic rings. The monoisotopic (exact) mass is 267 g/mol. The molecule has 2 unspecified atom stereocenters. The number of thioether (sulfide) groups is 1. The van der Waals surface area contributed by atoms with Crippen LogP contribution >= 0.6 is 11.8 Å². The summed E-state index contributed by atoms with van der Waals surface area (Å²) in [6.45, 7) is 6.79. The second-order valence-corrected chi connectivity index (χ2v) is 5.99. The Labute approximate surface area is 115 Å². The van der Waals surface area contributed by atoms with Crippen molar-refractivity contribution in [1.82, 2.24) is 5.32 Å². The van der Waals surface area contributed by atoms with E-state index in [1.807, 2.05) is 13.2 Å². The summed E-state index contributed by atoms with van der Waals surface area (Å²) in [6.07, 6.45) is 3.09. The first-order valence-electron chi connectivity index (χ1n) is 6.52. The van der Waals surface area contributed by atoms with E-state index in [9.17, 15) is 5.11 Å². The van der Waals surface area contributed by atoms with Gasteiger partial charge in [0.25, 0.3) is 0 Å². The molecule has 0 saturated heterocycles. The van der Waals surface area contributed by atoms with Crippen molar-refractivity contribution in [3.63, 3.8) is 0 Å². The van der Waals surface area contributed by atoms with Gasteiger partial charge in [0.15, 0.2) is 0 Å². The lowest BCUT2D eigenvalue weighted by Crippen LogP contribution is -2.40. The van der Waals surface area contributed by atoms with Gasteiger partial charge in [0.1, 0.15) is 0 Å². The van der Waals surface area contributed by atoms with Gasteiger partial charge in [-0.05, 0) is 37.7 Å². The van der Waals surface area contributed by atoms with Crippen molar-refractivity contribution in [2.45, 2.75) is 38.8 Å². The van der Waals surface area contributed by atoms with Gasteiger partial charge in [0.05, 0.1) is 5.60 Å². The Hall–Kier alpha value is -0.510. The molecule has 0 aliphatic heterocycles. The van der Waals surface area contributed by atoms with Gasteiger partial charge in [0, 0.05) is 18.3 Å². The predicted octanol–water partition coefficient (Wildman–Crippen LogP) is 3.01. The molecule has 0 aliphatic carbocycles. The summed E-state index contributed by atoms with van der Waals surface area (Å²) < 4.78 is 0. The van der Waals surface area contributed by atoms with E-state index in [1.165, 1.54) is 11.1 Å². The van der Waals surface area contributed by atoms with E-state index in [2.05, 4.69) is 43.4 Å². The number of hydrogen-bond donors (Lipinski definition) is 2. The molecule has 2 N–H and O–H groups in total. The highest BCUT2D eigenvalue weighted by molar-refractivity contribution is 7.98. The summed E-state index contributed by atoms with van der Waals surface area (Å²) in [6, 6.07) is 8.95. The number of rotatable bonds is 7. The van der Waals surface area contributed by atoms with Gasteiger partial charge in [-0.2, -0.15) is 11.8 Å². The summed E-state index contributed by atoms with van der Waals surface area (Å²) in [5.41, 5.74) is 1.99. The van der Waals surface area contributed by atoms with E-state index in [-0.39, 0.29) is 6.04 Å². The fourth-order valence-corrected chi connectivity index (χ4v) is 2.62. The Morgan fingerprint density at radius 3 is 2.44 bits per heavy atom. The molecule has 3 heteroatoms. The van der Waals surface area contributed by atoms with Crippen LogP contribution in [-0.4, -0.2) is 29.3 Å². The Balaban J connectivity index is 2.51. The average molecular weight is 267 g/mol. The summed E-state index contributed by atoms with van der Waals surface area (Å²) in [5.74, 6) is 0.751. The largest absolute Gasteiger partial charge is 0.388 e. The molecular weight excluding hydrogens is 242 g/mol. The number of benzene rings is 1. The third-order valence-corrected chi connectivity index (χ3v) is 4.04. The Morgan fingerprint density at radius 2 is 1.94 bits per heavy atom. The number of aliphatic hydroxyl groups is 1. The summed E-state index contributed by atoms with van der Waals surface area (Å²) >= 11 is 1.67. The minimum absolute atomic E-state index is 0.268. The maximum absolute atomic E-state index is 10.1. The molecule has 1 aromatic carbocycles. The molecule has 0 heterocycles. The van der Waals surface area contributed by atoms with E-state index in [4.69, 9.17) is 0 Å². The van der Waals surface area contributed by atoms with Gasteiger partial charge in [-0.1, -0.05) is 31.2 Å². The van der Waals surface area contributed by atoms with Crippen LogP contribution in [0.5, 0.6) is 0 Å². The molecule has 0 aromatic heterocycles. The summed E-state index contributed by atoms with van der Waals surface area (Å²) in [7, 11) is 0. The second-order valence-electron chi connectivity index (χ2n) is 5.13. The highest BCUT2D eigenvalue weighted by atomic mass is 32.2. The van der Waals surface area contributed by atoms with Gasteiger partial charge in [-0.3, -0.25) is 0 Å². The Kier molecular flexibility index (Phi) is 6.19. The third kappa shape index (κ3) is 5.01. The molecular formula is C15H25NOS. The minimum atomic E-state index is -0.642. The van der Waals surface area contributed by atoms with Gasteiger partial charge in [0.2, 0.25) is 0 Å². The molecule has 0 fully saturated rings. The molecule has 0 amide bonds.